The molecule has 3 aromatic rings. The number of carbonyl (C=O) groups excluding carboxylic acids is 1. The first kappa shape index (κ1) is 22.3. The minimum absolute atomic E-state index is 0.196. The van der Waals surface area contributed by atoms with E-state index in [0.717, 1.165) is 45.5 Å². The maximum absolute atomic E-state index is 12.4. The van der Waals surface area contributed by atoms with Gasteiger partial charge in [0.05, 0.1) is 39.9 Å². The summed E-state index contributed by atoms with van der Waals surface area (Å²) in [4.78, 5) is 30.2. The molecule has 2 heterocycles. The van der Waals surface area contributed by atoms with Gasteiger partial charge in [-0.3, -0.25) is 19.7 Å². The van der Waals surface area contributed by atoms with Crippen molar-refractivity contribution in [3.05, 3.63) is 75.4 Å². The summed E-state index contributed by atoms with van der Waals surface area (Å²) < 4.78 is 5.87. The molecular weight excluding hydrogens is 390 g/mol. The number of aryl methyl sites for hydroxylation is 6. The van der Waals surface area contributed by atoms with Gasteiger partial charge in [0.25, 0.3) is 5.91 Å². The van der Waals surface area contributed by atoms with E-state index < -0.39 is 0 Å². The predicted molar refractivity (Wildman–Crippen MR) is 119 cm³/mol. The molecule has 1 N–H and O–H groups in total. The van der Waals surface area contributed by atoms with Gasteiger partial charge in [-0.2, -0.15) is 0 Å². The maximum atomic E-state index is 12.4. The first-order chi connectivity index (χ1) is 14.7. The van der Waals surface area contributed by atoms with Crippen molar-refractivity contribution in [1.29, 1.82) is 0 Å². The van der Waals surface area contributed by atoms with E-state index >= 15 is 0 Å². The Labute approximate surface area is 183 Å². The fraction of sp³-hybridized carbons (Fsp3) is 0.375. The van der Waals surface area contributed by atoms with Crippen LogP contribution in [0.4, 0.5) is 0 Å². The van der Waals surface area contributed by atoms with Crippen LogP contribution in [0.1, 0.15) is 55.9 Å². The Balaban J connectivity index is 1.51. The minimum Gasteiger partial charge on any atom is -0.487 e. The van der Waals surface area contributed by atoms with E-state index in [0.29, 0.717) is 31.0 Å². The lowest BCUT2D eigenvalue weighted by atomic mass is 10.1. The number of nitrogens with one attached hydrogen (secondary N) is 1. The zero-order chi connectivity index (χ0) is 22.5. The van der Waals surface area contributed by atoms with Crippen molar-refractivity contribution in [3.63, 3.8) is 0 Å². The van der Waals surface area contributed by atoms with Gasteiger partial charge >= 0.3 is 0 Å². The maximum Gasteiger partial charge on any atom is 0.271 e. The van der Waals surface area contributed by atoms with E-state index in [1.54, 1.807) is 6.92 Å². The molecule has 1 aromatic carbocycles. The molecule has 1 amide bonds. The van der Waals surface area contributed by atoms with Gasteiger partial charge in [0.2, 0.25) is 0 Å². The highest BCUT2D eigenvalue weighted by atomic mass is 16.5. The summed E-state index contributed by atoms with van der Waals surface area (Å²) >= 11 is 0. The van der Waals surface area contributed by atoms with Crippen molar-refractivity contribution in [2.45, 2.75) is 54.6 Å². The van der Waals surface area contributed by atoms with Gasteiger partial charge in [0, 0.05) is 6.54 Å². The molecule has 3 rings (SSSR count). The highest BCUT2D eigenvalue weighted by Gasteiger charge is 2.13. The van der Waals surface area contributed by atoms with Crippen molar-refractivity contribution in [3.8, 4) is 5.75 Å². The number of nitrogens with zero attached hydrogens (tertiary/aromatic N) is 4. The molecule has 0 radical (unpaired) electrons. The standard InChI is InChI=1S/C24H29N5O2/c1-14-16(3)28-22(18(5)26-14)13-31-21-9-7-20(8-10-21)11-12-25-24(30)23-19(6)27-15(2)17(4)29-23/h7-10H,11-13H2,1-6H3,(H,25,30). The van der Waals surface area contributed by atoms with E-state index in [-0.39, 0.29) is 5.91 Å². The average Bonchev–Trinajstić information content (AvgIpc) is 2.73. The third-order valence-electron chi connectivity index (χ3n) is 5.27. The fourth-order valence-corrected chi connectivity index (χ4v) is 3.14. The zero-order valence-electron chi connectivity index (χ0n) is 19.0. The van der Waals surface area contributed by atoms with Gasteiger partial charge in [-0.25, -0.2) is 4.98 Å². The second-order valence-electron chi connectivity index (χ2n) is 7.69. The zero-order valence-corrected chi connectivity index (χ0v) is 19.0. The lowest BCUT2D eigenvalue weighted by Gasteiger charge is -2.11. The number of ether oxygens (including phenoxy) is 1. The molecule has 0 aliphatic rings. The molecular formula is C24H29N5O2. The normalized spacial score (nSPS) is 10.8. The molecule has 7 heteroatoms. The molecule has 0 fully saturated rings. The van der Waals surface area contributed by atoms with Crippen molar-refractivity contribution in [1.82, 2.24) is 25.3 Å². The summed E-state index contributed by atoms with van der Waals surface area (Å²) in [6.07, 6.45) is 0.713. The fourth-order valence-electron chi connectivity index (χ4n) is 3.14. The van der Waals surface area contributed by atoms with Crippen LogP contribution >= 0.6 is 0 Å². The van der Waals surface area contributed by atoms with Gasteiger partial charge in [0.1, 0.15) is 18.1 Å². The summed E-state index contributed by atoms with van der Waals surface area (Å²) in [7, 11) is 0. The van der Waals surface area contributed by atoms with Crippen LogP contribution < -0.4 is 10.1 Å². The van der Waals surface area contributed by atoms with Gasteiger partial charge in [-0.05, 0) is 65.7 Å². The van der Waals surface area contributed by atoms with Gasteiger partial charge in [-0.15, -0.1) is 0 Å². The topological polar surface area (TPSA) is 89.9 Å². The Morgan fingerprint density at radius 2 is 1.35 bits per heavy atom. The average molecular weight is 420 g/mol. The van der Waals surface area contributed by atoms with Crippen LogP contribution in [0.2, 0.25) is 0 Å². The van der Waals surface area contributed by atoms with Gasteiger partial charge < -0.3 is 10.1 Å². The van der Waals surface area contributed by atoms with E-state index in [1.165, 1.54) is 0 Å². The number of aromatic nitrogens is 4. The number of benzene rings is 1. The largest absolute Gasteiger partial charge is 0.487 e. The van der Waals surface area contributed by atoms with E-state index in [4.69, 9.17) is 4.74 Å². The summed E-state index contributed by atoms with van der Waals surface area (Å²) in [6, 6.07) is 7.86. The summed E-state index contributed by atoms with van der Waals surface area (Å²) in [5.41, 5.74) is 7.35. The first-order valence-electron chi connectivity index (χ1n) is 10.4. The van der Waals surface area contributed by atoms with Crippen molar-refractivity contribution in [2.75, 3.05) is 6.54 Å². The number of hydrogen-bond donors (Lipinski definition) is 1. The van der Waals surface area contributed by atoms with E-state index in [1.807, 2.05) is 58.9 Å². The number of amides is 1. The molecule has 162 valence electrons. The van der Waals surface area contributed by atoms with Crippen LogP contribution in [0.25, 0.3) is 0 Å². The smallest absolute Gasteiger partial charge is 0.271 e. The molecule has 0 aliphatic carbocycles. The molecule has 0 saturated carbocycles. The van der Waals surface area contributed by atoms with Crippen LogP contribution in [-0.2, 0) is 13.0 Å². The van der Waals surface area contributed by atoms with Crippen molar-refractivity contribution in [2.24, 2.45) is 0 Å². The quantitative estimate of drug-likeness (QED) is 0.628. The Kier molecular flexibility index (Phi) is 6.95. The van der Waals surface area contributed by atoms with Crippen molar-refractivity contribution < 1.29 is 9.53 Å². The second kappa shape index (κ2) is 9.64. The Hall–Kier alpha value is -3.35. The molecule has 0 bridgehead atoms. The van der Waals surface area contributed by atoms with Gasteiger partial charge in [-0.1, -0.05) is 12.1 Å². The molecule has 0 spiro atoms. The summed E-state index contributed by atoms with van der Waals surface area (Å²) in [5, 5.41) is 2.92. The molecule has 0 unspecified atom stereocenters. The van der Waals surface area contributed by atoms with Gasteiger partial charge in [0.15, 0.2) is 0 Å². The summed E-state index contributed by atoms with van der Waals surface area (Å²) in [6.45, 7) is 12.3. The molecule has 31 heavy (non-hydrogen) atoms. The van der Waals surface area contributed by atoms with E-state index in [9.17, 15) is 4.79 Å². The molecule has 0 atom stereocenters. The summed E-state index contributed by atoms with van der Waals surface area (Å²) in [5.74, 6) is 0.575. The highest BCUT2D eigenvalue weighted by molar-refractivity contribution is 5.93. The Morgan fingerprint density at radius 1 is 0.774 bits per heavy atom. The lowest BCUT2D eigenvalue weighted by Crippen LogP contribution is -2.28. The number of hydrogen-bond acceptors (Lipinski definition) is 6. The Morgan fingerprint density at radius 3 is 2.03 bits per heavy atom. The third-order valence-corrected chi connectivity index (χ3v) is 5.27. The monoisotopic (exact) mass is 419 g/mol. The van der Waals surface area contributed by atoms with Crippen LogP contribution in [-0.4, -0.2) is 32.4 Å². The van der Waals surface area contributed by atoms with Crippen LogP contribution in [0, 0.1) is 41.5 Å². The highest BCUT2D eigenvalue weighted by Crippen LogP contribution is 2.16. The number of rotatable bonds is 7. The van der Waals surface area contributed by atoms with Crippen molar-refractivity contribution >= 4 is 5.91 Å². The minimum atomic E-state index is -0.196. The van der Waals surface area contributed by atoms with E-state index in [2.05, 4.69) is 25.3 Å². The third kappa shape index (κ3) is 5.63. The predicted octanol–water partition coefficient (Wildman–Crippen LogP) is 3.67. The molecule has 7 nitrogen and oxygen atoms in total. The molecule has 0 saturated heterocycles. The van der Waals surface area contributed by atoms with Crippen LogP contribution in [0.3, 0.4) is 0 Å². The first-order valence-corrected chi connectivity index (χ1v) is 10.4. The number of carbonyl (C=O) groups is 1. The second-order valence-corrected chi connectivity index (χ2v) is 7.69. The molecule has 2 aromatic heterocycles. The van der Waals surface area contributed by atoms with Crippen LogP contribution in [0.15, 0.2) is 24.3 Å². The Bertz CT molecular complexity index is 1090. The lowest BCUT2D eigenvalue weighted by molar-refractivity contribution is 0.0947. The van der Waals surface area contributed by atoms with Crippen LogP contribution in [0.5, 0.6) is 5.75 Å². The molecule has 0 aliphatic heterocycles. The SMILES string of the molecule is Cc1nc(C)c(COc2ccc(CCNC(=O)c3nc(C)c(C)nc3C)cc2)nc1C.